The molecular formula is C18H35O4P. The summed E-state index contributed by atoms with van der Waals surface area (Å²) < 4.78 is 25.0. The van der Waals surface area contributed by atoms with E-state index in [2.05, 4.69) is 6.58 Å². The lowest BCUT2D eigenvalue weighted by Crippen LogP contribution is -2.31. The SMILES string of the molecule is C=C(C)C(=O)P(=O)(OC(C(C)C)C(C)C)OC(C(C)C)C(C)C. The number of allylic oxidation sites excluding steroid dienone is 1. The first-order valence-electron chi connectivity index (χ1n) is 8.50. The van der Waals surface area contributed by atoms with Crippen molar-refractivity contribution in [3.63, 3.8) is 0 Å². The van der Waals surface area contributed by atoms with Crippen LogP contribution in [0.15, 0.2) is 12.2 Å². The second-order valence-electron chi connectivity index (χ2n) is 7.70. The molecule has 5 heteroatoms. The minimum absolute atomic E-state index is 0.126. The molecule has 0 amide bonds. The third-order valence-corrected chi connectivity index (χ3v) is 5.68. The summed E-state index contributed by atoms with van der Waals surface area (Å²) in [5, 5.41) is 0. The van der Waals surface area contributed by atoms with E-state index in [4.69, 9.17) is 9.05 Å². The van der Waals surface area contributed by atoms with Gasteiger partial charge in [-0.2, -0.15) is 0 Å². The normalized spacial score (nSPS) is 13.2. The first-order valence-corrected chi connectivity index (χ1v) is 10.0. The van der Waals surface area contributed by atoms with E-state index in [1.165, 1.54) is 0 Å². The van der Waals surface area contributed by atoms with Gasteiger partial charge in [-0.1, -0.05) is 62.0 Å². The highest BCUT2D eigenvalue weighted by atomic mass is 31.2. The fourth-order valence-corrected chi connectivity index (χ4v) is 5.02. The Labute approximate surface area is 142 Å². The van der Waals surface area contributed by atoms with E-state index < -0.39 is 13.1 Å². The molecule has 0 unspecified atom stereocenters. The zero-order valence-corrected chi connectivity index (χ0v) is 17.1. The quantitative estimate of drug-likeness (QED) is 0.377. The van der Waals surface area contributed by atoms with Gasteiger partial charge >= 0.3 is 7.60 Å². The average Bonchev–Trinajstić information content (AvgIpc) is 2.39. The maximum Gasteiger partial charge on any atom is 0.401 e. The van der Waals surface area contributed by atoms with E-state index in [1.807, 2.05) is 55.4 Å². The van der Waals surface area contributed by atoms with Crippen molar-refractivity contribution in [2.75, 3.05) is 0 Å². The van der Waals surface area contributed by atoms with E-state index in [0.29, 0.717) is 0 Å². The fourth-order valence-electron chi connectivity index (χ4n) is 2.70. The predicted molar refractivity (Wildman–Crippen MR) is 96.5 cm³/mol. The predicted octanol–water partition coefficient (Wildman–Crippen LogP) is 5.68. The molecule has 0 fully saturated rings. The molecule has 0 N–H and O–H groups in total. The van der Waals surface area contributed by atoms with Crippen molar-refractivity contribution in [2.45, 2.75) is 74.5 Å². The van der Waals surface area contributed by atoms with Crippen LogP contribution < -0.4 is 0 Å². The van der Waals surface area contributed by atoms with E-state index in [-0.39, 0.29) is 41.5 Å². The van der Waals surface area contributed by atoms with Crippen LogP contribution in [0.4, 0.5) is 0 Å². The molecule has 0 bridgehead atoms. The Bertz CT molecular complexity index is 410. The molecule has 0 rings (SSSR count). The van der Waals surface area contributed by atoms with Gasteiger partial charge in [0.05, 0.1) is 12.2 Å². The molecule has 0 aliphatic carbocycles. The minimum Gasteiger partial charge on any atom is -0.299 e. The Balaban J connectivity index is 5.71. The van der Waals surface area contributed by atoms with Gasteiger partial charge in [0.15, 0.2) is 0 Å². The number of carbonyl (C=O) groups is 1. The number of hydrogen-bond donors (Lipinski definition) is 0. The average molecular weight is 346 g/mol. The topological polar surface area (TPSA) is 52.6 Å². The summed E-state index contributed by atoms with van der Waals surface area (Å²) in [7, 11) is -3.93. The van der Waals surface area contributed by atoms with Crippen LogP contribution in [0.1, 0.15) is 62.3 Å². The van der Waals surface area contributed by atoms with Gasteiger partial charge < -0.3 is 0 Å². The summed E-state index contributed by atoms with van der Waals surface area (Å²) in [4.78, 5) is 12.5. The maximum atomic E-state index is 13.3. The lowest BCUT2D eigenvalue weighted by molar-refractivity contribution is -0.112. The number of rotatable bonds is 10. The molecule has 0 heterocycles. The van der Waals surface area contributed by atoms with Crippen LogP contribution >= 0.6 is 7.60 Å². The summed E-state index contributed by atoms with van der Waals surface area (Å²) >= 11 is 0. The highest BCUT2D eigenvalue weighted by molar-refractivity contribution is 7.72. The van der Waals surface area contributed by atoms with Crippen LogP contribution in [0.5, 0.6) is 0 Å². The van der Waals surface area contributed by atoms with E-state index in [9.17, 15) is 9.36 Å². The third kappa shape index (κ3) is 6.52. The van der Waals surface area contributed by atoms with Crippen LogP contribution in [0, 0.1) is 23.7 Å². The third-order valence-electron chi connectivity index (χ3n) is 3.76. The first kappa shape index (κ1) is 22.6. The molecule has 0 saturated heterocycles. The molecule has 0 aromatic rings. The molecule has 0 aliphatic rings. The monoisotopic (exact) mass is 346 g/mol. The zero-order valence-electron chi connectivity index (χ0n) is 16.3. The van der Waals surface area contributed by atoms with Gasteiger partial charge in [-0.05, 0) is 36.2 Å². The Hall–Kier alpha value is -0.440. The Morgan fingerprint density at radius 1 is 0.783 bits per heavy atom. The van der Waals surface area contributed by atoms with Gasteiger partial charge in [-0.15, -0.1) is 0 Å². The van der Waals surface area contributed by atoms with Crippen molar-refractivity contribution in [2.24, 2.45) is 23.7 Å². The minimum atomic E-state index is -3.93. The summed E-state index contributed by atoms with van der Waals surface area (Å²) in [6.45, 7) is 21.1. The Morgan fingerprint density at radius 3 is 1.22 bits per heavy atom. The molecule has 0 atom stereocenters. The molecule has 0 spiro atoms. The van der Waals surface area contributed by atoms with Crippen molar-refractivity contribution >= 4 is 13.1 Å². The van der Waals surface area contributed by atoms with E-state index in [0.717, 1.165) is 0 Å². The van der Waals surface area contributed by atoms with Gasteiger partial charge in [-0.25, -0.2) is 0 Å². The number of carbonyl (C=O) groups excluding carboxylic acids is 1. The second kappa shape index (κ2) is 9.15. The van der Waals surface area contributed by atoms with E-state index in [1.54, 1.807) is 6.92 Å². The summed E-state index contributed by atoms with van der Waals surface area (Å²) in [6, 6.07) is 0. The van der Waals surface area contributed by atoms with Gasteiger partial charge in [0.1, 0.15) is 0 Å². The summed E-state index contributed by atoms with van der Waals surface area (Å²) in [5.41, 5.74) is -0.416. The fraction of sp³-hybridized carbons (Fsp3) is 0.833. The van der Waals surface area contributed by atoms with Crippen LogP contribution in [0.2, 0.25) is 0 Å². The zero-order chi connectivity index (χ0) is 18.5. The standard InChI is InChI=1S/C18H35O4P/c1-11(2)16(12(3)4)21-23(20,18(19)15(9)10)22-17(13(5)6)14(7)8/h11-14,16-17H,9H2,1-8,10H3. The van der Waals surface area contributed by atoms with Gasteiger partial charge in [0.2, 0.25) is 0 Å². The molecular weight excluding hydrogens is 311 g/mol. The lowest BCUT2D eigenvalue weighted by Gasteiger charge is -2.33. The molecule has 0 aromatic heterocycles. The van der Waals surface area contributed by atoms with Crippen LogP contribution in [-0.4, -0.2) is 17.7 Å². The molecule has 23 heavy (non-hydrogen) atoms. The van der Waals surface area contributed by atoms with Gasteiger partial charge in [0.25, 0.3) is 5.52 Å². The van der Waals surface area contributed by atoms with Crippen molar-refractivity contribution < 1.29 is 18.4 Å². The van der Waals surface area contributed by atoms with Crippen molar-refractivity contribution in [3.05, 3.63) is 12.2 Å². The summed E-state index contributed by atoms with van der Waals surface area (Å²) in [5.74, 6) is 0.505. The maximum absolute atomic E-state index is 13.3. The second-order valence-corrected chi connectivity index (χ2v) is 9.52. The van der Waals surface area contributed by atoms with Gasteiger partial charge in [-0.3, -0.25) is 18.4 Å². The molecule has 0 aliphatic heterocycles. The highest BCUT2D eigenvalue weighted by Crippen LogP contribution is 2.55. The number of hydrogen-bond acceptors (Lipinski definition) is 4. The molecule has 0 aromatic carbocycles. The summed E-state index contributed by atoms with van der Waals surface area (Å²) in [6.07, 6.45) is -0.631. The molecule has 0 radical (unpaired) electrons. The van der Waals surface area contributed by atoms with Crippen LogP contribution in [-0.2, 0) is 18.4 Å². The lowest BCUT2D eigenvalue weighted by atomic mass is 9.97. The molecule has 0 saturated carbocycles. The Kier molecular flexibility index (Phi) is 8.97. The Morgan fingerprint density at radius 2 is 1.04 bits per heavy atom. The largest absolute Gasteiger partial charge is 0.401 e. The van der Waals surface area contributed by atoms with Crippen LogP contribution in [0.25, 0.3) is 0 Å². The van der Waals surface area contributed by atoms with Crippen molar-refractivity contribution in [3.8, 4) is 0 Å². The molecule has 136 valence electrons. The van der Waals surface area contributed by atoms with Crippen LogP contribution in [0.3, 0.4) is 0 Å². The highest BCUT2D eigenvalue weighted by Gasteiger charge is 2.42. The van der Waals surface area contributed by atoms with Crippen molar-refractivity contribution in [1.82, 2.24) is 0 Å². The van der Waals surface area contributed by atoms with E-state index >= 15 is 0 Å². The smallest absolute Gasteiger partial charge is 0.299 e. The van der Waals surface area contributed by atoms with Gasteiger partial charge in [0, 0.05) is 0 Å². The first-order chi connectivity index (χ1) is 10.3. The molecule has 4 nitrogen and oxygen atoms in total. The van der Waals surface area contributed by atoms with Crippen molar-refractivity contribution in [1.29, 1.82) is 0 Å².